The number of nitrogens with zero attached hydrogens (tertiary/aromatic N) is 4. The van der Waals surface area contributed by atoms with Crippen molar-refractivity contribution in [2.24, 2.45) is 5.92 Å². The normalized spacial score (nSPS) is 21.2. The van der Waals surface area contributed by atoms with Crippen LogP contribution in [0.15, 0.2) is 47.4 Å². The molecule has 0 bridgehead atoms. The number of benzene rings is 2. The van der Waals surface area contributed by atoms with Gasteiger partial charge in [-0.05, 0) is 74.1 Å². The quantitative estimate of drug-likeness (QED) is 0.498. The molecule has 5 rings (SSSR count). The zero-order valence-electron chi connectivity index (χ0n) is 21.2. The number of hydrogen-bond acceptors (Lipinski definition) is 4. The van der Waals surface area contributed by atoms with Gasteiger partial charge in [0.1, 0.15) is 11.6 Å². The largest absolute Gasteiger partial charge is 0.323 e. The van der Waals surface area contributed by atoms with E-state index < -0.39 is 27.7 Å². The molecule has 2 amide bonds. The number of amides is 2. The molecule has 7 nitrogen and oxygen atoms in total. The van der Waals surface area contributed by atoms with Crippen molar-refractivity contribution in [2.75, 3.05) is 45.8 Å². The van der Waals surface area contributed by atoms with Crippen LogP contribution in [0.4, 0.5) is 13.6 Å². The Labute approximate surface area is 228 Å². The summed E-state index contributed by atoms with van der Waals surface area (Å²) in [5, 5.41) is 0.387. The van der Waals surface area contributed by atoms with E-state index in [1.165, 1.54) is 41.4 Å². The van der Waals surface area contributed by atoms with Gasteiger partial charge in [0, 0.05) is 69.0 Å². The molecule has 2 aliphatic heterocycles. The number of sulfonamides is 1. The van der Waals surface area contributed by atoms with E-state index in [-0.39, 0.29) is 29.6 Å². The molecule has 1 atom stereocenters. The van der Waals surface area contributed by atoms with Crippen LogP contribution in [0.3, 0.4) is 0 Å². The van der Waals surface area contributed by atoms with Crippen LogP contribution in [0.25, 0.3) is 0 Å². The van der Waals surface area contributed by atoms with Crippen molar-refractivity contribution in [2.45, 2.75) is 43.2 Å². The number of urea groups is 1. The molecule has 1 unspecified atom stereocenters. The number of piperazine rings is 1. The molecular formula is C27H33ClF2N4O3S. The molecule has 0 radical (unpaired) electrons. The summed E-state index contributed by atoms with van der Waals surface area (Å²) < 4.78 is 57.4. The molecule has 38 heavy (non-hydrogen) atoms. The summed E-state index contributed by atoms with van der Waals surface area (Å²) in [5.74, 6) is -0.529. The van der Waals surface area contributed by atoms with Crippen LogP contribution in [0.1, 0.15) is 31.2 Å². The minimum atomic E-state index is -4.10. The van der Waals surface area contributed by atoms with E-state index >= 15 is 0 Å². The molecule has 1 saturated carbocycles. The Kier molecular flexibility index (Phi) is 8.23. The molecule has 3 fully saturated rings. The van der Waals surface area contributed by atoms with Crippen LogP contribution < -0.4 is 0 Å². The summed E-state index contributed by atoms with van der Waals surface area (Å²) in [6, 6.07) is 8.10. The molecule has 0 N–H and O–H groups in total. The lowest BCUT2D eigenvalue weighted by Gasteiger charge is -2.42. The van der Waals surface area contributed by atoms with Gasteiger partial charge in [0.15, 0.2) is 0 Å². The molecule has 2 aromatic rings. The van der Waals surface area contributed by atoms with Gasteiger partial charge in [-0.3, -0.25) is 4.90 Å². The fraction of sp³-hybridized carbons (Fsp3) is 0.519. The Hall–Kier alpha value is -2.27. The number of halogens is 3. The topological polar surface area (TPSA) is 64.2 Å². The molecule has 3 aliphatic rings. The van der Waals surface area contributed by atoms with Gasteiger partial charge in [0.05, 0.1) is 4.90 Å². The molecule has 2 aromatic carbocycles. The zero-order chi connectivity index (χ0) is 26.9. The number of hydrogen-bond donors (Lipinski definition) is 0. The molecule has 0 spiro atoms. The van der Waals surface area contributed by atoms with Crippen molar-refractivity contribution in [3.63, 3.8) is 0 Å². The molecule has 206 valence electrons. The maximum atomic E-state index is 14.6. The smallest absolute Gasteiger partial charge is 0.320 e. The van der Waals surface area contributed by atoms with Crippen LogP contribution in [0.2, 0.25) is 5.02 Å². The SMILES string of the molecule is O=C(N1CCN(CC2CC2)CC1)N1CCCC(N(Cc2cc(F)ccc2F)S(=O)(=O)c2ccc(Cl)cc2)C1. The predicted octanol–water partition coefficient (Wildman–Crippen LogP) is 4.42. The molecule has 2 saturated heterocycles. The number of carbonyl (C=O) groups is 1. The lowest BCUT2D eigenvalue weighted by molar-refractivity contribution is 0.0920. The highest BCUT2D eigenvalue weighted by molar-refractivity contribution is 7.89. The third-order valence-corrected chi connectivity index (χ3v) is 9.85. The molecule has 1 aliphatic carbocycles. The van der Waals surface area contributed by atoms with E-state index in [4.69, 9.17) is 11.6 Å². The second kappa shape index (κ2) is 11.5. The first kappa shape index (κ1) is 27.3. The third-order valence-electron chi connectivity index (χ3n) is 7.68. The first-order valence-electron chi connectivity index (χ1n) is 13.2. The van der Waals surface area contributed by atoms with Crippen LogP contribution in [0.5, 0.6) is 0 Å². The number of carbonyl (C=O) groups excluding carboxylic acids is 1. The van der Waals surface area contributed by atoms with Crippen LogP contribution in [-0.4, -0.2) is 85.3 Å². The second-order valence-electron chi connectivity index (χ2n) is 10.5. The monoisotopic (exact) mass is 566 g/mol. The van der Waals surface area contributed by atoms with Crippen molar-refractivity contribution in [1.82, 2.24) is 19.0 Å². The molecular weight excluding hydrogens is 534 g/mol. The van der Waals surface area contributed by atoms with Gasteiger partial charge in [-0.25, -0.2) is 22.0 Å². The van der Waals surface area contributed by atoms with Crippen molar-refractivity contribution in [3.8, 4) is 0 Å². The van der Waals surface area contributed by atoms with E-state index in [9.17, 15) is 22.0 Å². The maximum absolute atomic E-state index is 14.6. The van der Waals surface area contributed by atoms with Gasteiger partial charge in [-0.2, -0.15) is 4.31 Å². The first-order chi connectivity index (χ1) is 18.2. The van der Waals surface area contributed by atoms with Gasteiger partial charge < -0.3 is 9.80 Å². The highest BCUT2D eigenvalue weighted by Crippen LogP contribution is 2.31. The van der Waals surface area contributed by atoms with Crippen LogP contribution in [0, 0.1) is 17.6 Å². The zero-order valence-corrected chi connectivity index (χ0v) is 22.8. The highest BCUT2D eigenvalue weighted by atomic mass is 35.5. The highest BCUT2D eigenvalue weighted by Gasteiger charge is 2.38. The average molecular weight is 567 g/mol. The second-order valence-corrected chi connectivity index (χ2v) is 12.8. The third kappa shape index (κ3) is 6.30. The number of likely N-dealkylation sites (tertiary alicyclic amines) is 1. The van der Waals surface area contributed by atoms with Crippen molar-refractivity contribution in [1.29, 1.82) is 0 Å². The van der Waals surface area contributed by atoms with Crippen LogP contribution in [-0.2, 0) is 16.6 Å². The molecule has 2 heterocycles. The Morgan fingerprint density at radius 3 is 2.34 bits per heavy atom. The van der Waals surface area contributed by atoms with Gasteiger partial charge in [0.25, 0.3) is 0 Å². The summed E-state index contributed by atoms with van der Waals surface area (Å²) in [7, 11) is -4.10. The van der Waals surface area contributed by atoms with Crippen LogP contribution >= 0.6 is 11.6 Å². The van der Waals surface area contributed by atoms with Gasteiger partial charge in [-0.15, -0.1) is 0 Å². The van der Waals surface area contributed by atoms with Gasteiger partial charge in [0.2, 0.25) is 10.0 Å². The maximum Gasteiger partial charge on any atom is 0.320 e. The predicted molar refractivity (Wildman–Crippen MR) is 141 cm³/mol. The average Bonchev–Trinajstić information content (AvgIpc) is 3.73. The van der Waals surface area contributed by atoms with Crippen molar-refractivity contribution >= 4 is 27.7 Å². The van der Waals surface area contributed by atoms with Crippen molar-refractivity contribution in [3.05, 3.63) is 64.7 Å². The fourth-order valence-electron chi connectivity index (χ4n) is 5.34. The first-order valence-corrected chi connectivity index (χ1v) is 15.0. The summed E-state index contributed by atoms with van der Waals surface area (Å²) in [6.07, 6.45) is 3.70. The lowest BCUT2D eigenvalue weighted by Crippen LogP contribution is -2.57. The minimum Gasteiger partial charge on any atom is -0.323 e. The fourth-order valence-corrected chi connectivity index (χ4v) is 7.09. The Morgan fingerprint density at radius 2 is 1.66 bits per heavy atom. The van der Waals surface area contributed by atoms with E-state index in [0.29, 0.717) is 37.5 Å². The number of piperidine rings is 1. The van der Waals surface area contributed by atoms with Gasteiger partial charge >= 0.3 is 6.03 Å². The number of rotatable bonds is 7. The van der Waals surface area contributed by atoms with E-state index in [2.05, 4.69) is 4.90 Å². The summed E-state index contributed by atoms with van der Waals surface area (Å²) in [6.45, 7) is 4.45. The molecule has 11 heteroatoms. The van der Waals surface area contributed by atoms with E-state index in [1.807, 2.05) is 4.90 Å². The Bertz CT molecular complexity index is 1250. The lowest BCUT2D eigenvalue weighted by atomic mass is 10.1. The summed E-state index contributed by atoms with van der Waals surface area (Å²) in [5.41, 5.74) is -0.0576. The summed E-state index contributed by atoms with van der Waals surface area (Å²) in [4.78, 5) is 19.4. The molecule has 0 aromatic heterocycles. The Balaban J connectivity index is 1.35. The minimum absolute atomic E-state index is 0.00828. The van der Waals surface area contributed by atoms with Crippen molar-refractivity contribution < 1.29 is 22.0 Å². The van der Waals surface area contributed by atoms with Gasteiger partial charge in [-0.1, -0.05) is 11.6 Å². The Morgan fingerprint density at radius 1 is 0.947 bits per heavy atom. The van der Waals surface area contributed by atoms with E-state index in [1.54, 1.807) is 4.90 Å². The summed E-state index contributed by atoms with van der Waals surface area (Å²) >= 11 is 5.97. The van der Waals surface area contributed by atoms with E-state index in [0.717, 1.165) is 43.8 Å². The standard InChI is InChI=1S/C27H33ClF2N4O3S/c28-22-5-8-25(9-6-22)38(36,37)34(18-21-16-23(29)7-10-26(21)30)24-2-1-11-33(19-24)27(35)32-14-12-31(13-15-32)17-20-3-4-20/h5-10,16,20,24H,1-4,11-15,17-19H2.